The largest absolute Gasteiger partial charge is 0.481 e. The van der Waals surface area contributed by atoms with Crippen LogP contribution in [0.5, 0.6) is 0 Å². The number of nitrogens with zero attached hydrogens (tertiary/aromatic N) is 2. The number of carboxylic acids is 1. The molecule has 0 radical (unpaired) electrons. The molecular weight excluding hydrogens is 475 g/mol. The van der Waals surface area contributed by atoms with Crippen LogP contribution in [0.1, 0.15) is 79.0 Å². The number of hydrogen-bond donors (Lipinski definition) is 1. The van der Waals surface area contributed by atoms with Crippen molar-refractivity contribution in [3.8, 4) is 11.1 Å². The highest BCUT2D eigenvalue weighted by molar-refractivity contribution is 5.70. The SMILES string of the molecule is Cc1cc(-c2ccc(C3CCc4ccc(CC(C)C(=O)O)cc4C3)cc2CN2CCCCC2C)c(F)cn1. The average Bonchev–Trinajstić information content (AvgIpc) is 2.91. The van der Waals surface area contributed by atoms with Crippen molar-refractivity contribution in [1.29, 1.82) is 0 Å². The maximum Gasteiger partial charge on any atom is 0.306 e. The summed E-state index contributed by atoms with van der Waals surface area (Å²) in [5, 5.41) is 9.34. The van der Waals surface area contributed by atoms with E-state index in [-0.39, 0.29) is 5.82 Å². The van der Waals surface area contributed by atoms with E-state index in [4.69, 9.17) is 0 Å². The summed E-state index contributed by atoms with van der Waals surface area (Å²) in [5.74, 6) is -1.02. The summed E-state index contributed by atoms with van der Waals surface area (Å²) >= 11 is 0. The summed E-state index contributed by atoms with van der Waals surface area (Å²) in [6.07, 6.45) is 8.64. The lowest BCUT2D eigenvalue weighted by atomic mass is 9.78. The first-order chi connectivity index (χ1) is 18.3. The van der Waals surface area contributed by atoms with E-state index < -0.39 is 11.9 Å². The van der Waals surface area contributed by atoms with Crippen molar-refractivity contribution in [3.05, 3.63) is 88.0 Å². The van der Waals surface area contributed by atoms with Crippen molar-refractivity contribution in [2.24, 2.45) is 5.92 Å². The summed E-state index contributed by atoms with van der Waals surface area (Å²) in [6, 6.07) is 15.5. The highest BCUT2D eigenvalue weighted by Gasteiger charge is 2.25. The molecule has 3 unspecified atom stereocenters. The molecule has 1 saturated heterocycles. The van der Waals surface area contributed by atoms with Gasteiger partial charge in [0, 0.05) is 23.8 Å². The number of likely N-dealkylation sites (tertiary alicyclic amines) is 1. The highest BCUT2D eigenvalue weighted by atomic mass is 19.1. The summed E-state index contributed by atoms with van der Waals surface area (Å²) in [4.78, 5) is 18.1. The summed E-state index contributed by atoms with van der Waals surface area (Å²) < 4.78 is 15.0. The van der Waals surface area contributed by atoms with Gasteiger partial charge in [0.05, 0.1) is 12.1 Å². The molecule has 5 rings (SSSR count). The van der Waals surface area contributed by atoms with Crippen LogP contribution in [0, 0.1) is 18.7 Å². The van der Waals surface area contributed by atoms with Crippen LogP contribution in [-0.2, 0) is 30.6 Å². The van der Waals surface area contributed by atoms with Crippen molar-refractivity contribution in [1.82, 2.24) is 9.88 Å². The fourth-order valence-corrected chi connectivity index (χ4v) is 6.28. The molecule has 38 heavy (non-hydrogen) atoms. The van der Waals surface area contributed by atoms with Crippen molar-refractivity contribution >= 4 is 5.97 Å². The second-order valence-corrected chi connectivity index (χ2v) is 11.5. The molecule has 1 aromatic heterocycles. The van der Waals surface area contributed by atoms with Gasteiger partial charge < -0.3 is 5.11 Å². The topological polar surface area (TPSA) is 53.4 Å². The first-order valence-corrected chi connectivity index (χ1v) is 14.1. The van der Waals surface area contributed by atoms with Crippen molar-refractivity contribution in [2.75, 3.05) is 6.54 Å². The second kappa shape index (κ2) is 11.4. The Bertz CT molecular complexity index is 1320. The van der Waals surface area contributed by atoms with Crippen molar-refractivity contribution < 1.29 is 14.3 Å². The van der Waals surface area contributed by atoms with Crippen LogP contribution in [0.4, 0.5) is 4.39 Å². The molecule has 2 heterocycles. The molecule has 1 N–H and O–H groups in total. The van der Waals surface area contributed by atoms with Gasteiger partial charge in [0.25, 0.3) is 0 Å². The zero-order valence-corrected chi connectivity index (χ0v) is 22.8. The second-order valence-electron chi connectivity index (χ2n) is 11.5. The van der Waals surface area contributed by atoms with Crippen LogP contribution in [0.15, 0.2) is 48.7 Å². The number of aromatic nitrogens is 1. The number of carboxylic acid groups (broad SMARTS) is 1. The number of aliphatic carboxylic acids is 1. The Labute approximate surface area is 225 Å². The molecule has 200 valence electrons. The van der Waals surface area contributed by atoms with Crippen molar-refractivity contribution in [3.63, 3.8) is 0 Å². The van der Waals surface area contributed by atoms with Crippen molar-refractivity contribution in [2.45, 2.75) is 84.2 Å². The molecule has 5 heteroatoms. The van der Waals surface area contributed by atoms with Crippen LogP contribution < -0.4 is 0 Å². The van der Waals surface area contributed by atoms with Crippen LogP contribution in [-0.4, -0.2) is 33.5 Å². The number of fused-ring (bicyclic) bond motifs is 1. The number of aryl methyl sites for hydroxylation is 2. The zero-order chi connectivity index (χ0) is 26.8. The van der Waals surface area contributed by atoms with Crippen LogP contribution >= 0.6 is 0 Å². The molecule has 0 amide bonds. The number of benzene rings is 2. The van der Waals surface area contributed by atoms with Gasteiger partial charge in [0.15, 0.2) is 0 Å². The lowest BCUT2D eigenvalue weighted by molar-refractivity contribution is -0.141. The Morgan fingerprint density at radius 3 is 2.74 bits per heavy atom. The fourth-order valence-electron chi connectivity index (χ4n) is 6.28. The summed E-state index contributed by atoms with van der Waals surface area (Å²) in [6.45, 7) is 7.89. The number of rotatable bonds is 7. The standard InChI is InChI=1S/C33H39FN2O2/c1-21(33(37)38)14-24-7-8-25-9-10-26(17-28(25)16-24)27-11-12-30(31-15-22(2)35-19-32(31)34)29(18-27)20-36-13-5-4-6-23(36)3/h7-8,11-12,15-16,18-19,21,23,26H,4-6,9-10,13-14,17,20H2,1-3H3,(H,37,38). The molecule has 2 aliphatic rings. The van der Waals surface area contributed by atoms with Crippen LogP contribution in [0.25, 0.3) is 11.1 Å². The van der Waals surface area contributed by atoms with Gasteiger partial charge >= 0.3 is 5.97 Å². The molecule has 0 saturated carbocycles. The van der Waals surface area contributed by atoms with E-state index in [0.717, 1.165) is 49.2 Å². The van der Waals surface area contributed by atoms with E-state index in [1.54, 1.807) is 6.92 Å². The lowest BCUT2D eigenvalue weighted by Crippen LogP contribution is -2.36. The summed E-state index contributed by atoms with van der Waals surface area (Å²) in [5.41, 5.74) is 8.73. The highest BCUT2D eigenvalue weighted by Crippen LogP contribution is 2.37. The molecule has 4 nitrogen and oxygen atoms in total. The van der Waals surface area contributed by atoms with Gasteiger partial charge in [-0.3, -0.25) is 14.7 Å². The predicted molar refractivity (Wildman–Crippen MR) is 150 cm³/mol. The first-order valence-electron chi connectivity index (χ1n) is 14.1. The van der Waals surface area contributed by atoms with E-state index in [0.29, 0.717) is 23.9 Å². The third kappa shape index (κ3) is 5.83. The van der Waals surface area contributed by atoms with Crippen LogP contribution in [0.2, 0.25) is 0 Å². The smallest absolute Gasteiger partial charge is 0.306 e. The fraction of sp³-hybridized carbons (Fsp3) is 0.455. The molecule has 1 aliphatic heterocycles. The van der Waals surface area contributed by atoms with E-state index in [2.05, 4.69) is 53.2 Å². The molecule has 1 aliphatic carbocycles. The number of hydrogen-bond acceptors (Lipinski definition) is 3. The predicted octanol–water partition coefficient (Wildman–Crippen LogP) is 7.11. The first kappa shape index (κ1) is 26.6. The molecule has 2 aromatic carbocycles. The number of pyridine rings is 1. The monoisotopic (exact) mass is 514 g/mol. The molecule has 3 atom stereocenters. The minimum absolute atomic E-state index is 0.272. The van der Waals surface area contributed by atoms with Gasteiger partial charge in [-0.05, 0) is 104 Å². The molecule has 3 aromatic rings. The Hall–Kier alpha value is -3.05. The van der Waals surface area contributed by atoms with Gasteiger partial charge in [-0.25, -0.2) is 4.39 Å². The van der Waals surface area contributed by atoms with E-state index >= 15 is 0 Å². The Kier molecular flexibility index (Phi) is 7.94. The third-order valence-electron chi connectivity index (χ3n) is 8.66. The quantitative estimate of drug-likeness (QED) is 0.365. The third-order valence-corrected chi connectivity index (χ3v) is 8.66. The number of piperidine rings is 1. The van der Waals surface area contributed by atoms with E-state index in [1.807, 2.05) is 13.0 Å². The van der Waals surface area contributed by atoms with Gasteiger partial charge in [-0.2, -0.15) is 0 Å². The summed E-state index contributed by atoms with van der Waals surface area (Å²) in [7, 11) is 0. The number of halogens is 1. The van der Waals surface area contributed by atoms with Gasteiger partial charge in [-0.15, -0.1) is 0 Å². The Morgan fingerprint density at radius 2 is 1.95 bits per heavy atom. The van der Waals surface area contributed by atoms with E-state index in [1.165, 1.54) is 47.7 Å². The van der Waals surface area contributed by atoms with Gasteiger partial charge in [0.2, 0.25) is 0 Å². The minimum atomic E-state index is -0.753. The Balaban J connectivity index is 1.46. The molecule has 0 bridgehead atoms. The molecule has 0 spiro atoms. The molecular formula is C33H39FN2O2. The normalized spacial score (nSPS) is 20.6. The average molecular weight is 515 g/mol. The van der Waals surface area contributed by atoms with Gasteiger partial charge in [0.1, 0.15) is 5.82 Å². The minimum Gasteiger partial charge on any atom is -0.481 e. The zero-order valence-electron chi connectivity index (χ0n) is 22.8. The van der Waals surface area contributed by atoms with E-state index in [9.17, 15) is 14.3 Å². The number of carbonyl (C=O) groups is 1. The lowest BCUT2D eigenvalue weighted by Gasteiger charge is -2.34. The molecule has 1 fully saturated rings. The van der Waals surface area contributed by atoms with Gasteiger partial charge in [-0.1, -0.05) is 49.7 Å². The maximum absolute atomic E-state index is 15.0. The maximum atomic E-state index is 15.0. The Morgan fingerprint density at radius 1 is 1.11 bits per heavy atom. The van der Waals surface area contributed by atoms with Crippen LogP contribution in [0.3, 0.4) is 0 Å².